The highest BCUT2D eigenvalue weighted by Gasteiger charge is 2.51. The van der Waals surface area contributed by atoms with Gasteiger partial charge in [0.05, 0.1) is 31.3 Å². The van der Waals surface area contributed by atoms with Crippen LogP contribution in [0, 0.1) is 11.8 Å². The molecule has 0 aromatic heterocycles. The molecule has 4 heteroatoms. The van der Waals surface area contributed by atoms with Gasteiger partial charge in [0.25, 0.3) is 0 Å². The van der Waals surface area contributed by atoms with Crippen LogP contribution in [0.2, 0.25) is 0 Å². The fourth-order valence-corrected chi connectivity index (χ4v) is 3.75. The van der Waals surface area contributed by atoms with Crippen molar-refractivity contribution in [3.05, 3.63) is 71.8 Å². The number of likely N-dealkylation sites (tertiary alicyclic amines) is 1. The summed E-state index contributed by atoms with van der Waals surface area (Å²) in [4.78, 5) is 14.4. The quantitative estimate of drug-likeness (QED) is 0.741. The summed E-state index contributed by atoms with van der Waals surface area (Å²) < 4.78 is 5.88. The van der Waals surface area contributed by atoms with Gasteiger partial charge in [-0.1, -0.05) is 67.6 Å². The average Bonchev–Trinajstić information content (AvgIpc) is 2.65. The van der Waals surface area contributed by atoms with E-state index in [-0.39, 0.29) is 23.8 Å². The topological polar surface area (TPSA) is 49.8 Å². The van der Waals surface area contributed by atoms with Crippen LogP contribution in [0.4, 0.5) is 0 Å². The normalized spacial score (nSPS) is 22.0. The van der Waals surface area contributed by atoms with Gasteiger partial charge >= 0.3 is 0 Å². The third-order valence-electron chi connectivity index (χ3n) is 5.09. The van der Waals surface area contributed by atoms with Crippen LogP contribution in [0.1, 0.15) is 25.0 Å². The van der Waals surface area contributed by atoms with Crippen molar-refractivity contribution < 1.29 is 14.6 Å². The summed E-state index contributed by atoms with van der Waals surface area (Å²) in [6, 6.07) is 20.0. The second-order valence-electron chi connectivity index (χ2n) is 7.19. The zero-order valence-corrected chi connectivity index (χ0v) is 15.4. The first kappa shape index (κ1) is 18.6. The van der Waals surface area contributed by atoms with Crippen LogP contribution < -0.4 is 0 Å². The highest BCUT2D eigenvalue weighted by molar-refractivity contribution is 5.86. The second-order valence-corrected chi connectivity index (χ2v) is 7.19. The van der Waals surface area contributed by atoms with Crippen molar-refractivity contribution in [2.75, 3.05) is 6.61 Å². The lowest BCUT2D eigenvalue weighted by Gasteiger charge is -2.51. The van der Waals surface area contributed by atoms with Crippen LogP contribution in [-0.2, 0) is 22.7 Å². The SMILES string of the molecule is CC(O)C1C(=O)N(Cc2ccccc2)C1C(C)COCc1ccccc1. The van der Waals surface area contributed by atoms with Crippen molar-refractivity contribution >= 4 is 5.91 Å². The van der Waals surface area contributed by atoms with Crippen LogP contribution in [-0.4, -0.2) is 34.7 Å². The van der Waals surface area contributed by atoms with Crippen LogP contribution in [0.5, 0.6) is 0 Å². The zero-order chi connectivity index (χ0) is 18.5. The number of carbonyl (C=O) groups is 1. The Morgan fingerprint density at radius 1 is 1.00 bits per heavy atom. The van der Waals surface area contributed by atoms with Gasteiger partial charge < -0.3 is 14.7 Å². The lowest BCUT2D eigenvalue weighted by Crippen LogP contribution is -2.66. The maximum absolute atomic E-state index is 12.5. The maximum atomic E-state index is 12.5. The van der Waals surface area contributed by atoms with Gasteiger partial charge in [-0.2, -0.15) is 0 Å². The van der Waals surface area contributed by atoms with E-state index in [2.05, 4.69) is 6.92 Å². The van der Waals surface area contributed by atoms with Crippen LogP contribution in [0.15, 0.2) is 60.7 Å². The van der Waals surface area contributed by atoms with E-state index in [1.165, 1.54) is 0 Å². The summed E-state index contributed by atoms with van der Waals surface area (Å²) in [5.74, 6) is -0.155. The van der Waals surface area contributed by atoms with Crippen molar-refractivity contribution in [3.8, 4) is 0 Å². The molecular weight excluding hydrogens is 326 g/mol. The van der Waals surface area contributed by atoms with E-state index >= 15 is 0 Å². The number of β-lactam (4-membered cyclic amide) rings is 1. The lowest BCUT2D eigenvalue weighted by molar-refractivity contribution is -0.171. The first-order chi connectivity index (χ1) is 12.6. The monoisotopic (exact) mass is 353 g/mol. The third kappa shape index (κ3) is 4.14. The van der Waals surface area contributed by atoms with Gasteiger partial charge in [-0.3, -0.25) is 4.79 Å². The molecule has 0 bridgehead atoms. The third-order valence-corrected chi connectivity index (χ3v) is 5.09. The molecule has 0 radical (unpaired) electrons. The van der Waals surface area contributed by atoms with E-state index in [0.29, 0.717) is 19.8 Å². The molecule has 0 aliphatic carbocycles. The van der Waals surface area contributed by atoms with E-state index in [1.54, 1.807) is 6.92 Å². The number of carbonyl (C=O) groups excluding carboxylic acids is 1. The Bertz CT molecular complexity index is 702. The van der Waals surface area contributed by atoms with E-state index in [1.807, 2.05) is 65.6 Å². The zero-order valence-electron chi connectivity index (χ0n) is 15.4. The van der Waals surface area contributed by atoms with Gasteiger partial charge in [-0.25, -0.2) is 0 Å². The maximum Gasteiger partial charge on any atom is 0.230 e. The highest BCUT2D eigenvalue weighted by atomic mass is 16.5. The molecule has 1 amide bonds. The molecule has 4 atom stereocenters. The predicted octanol–water partition coefficient (Wildman–Crippen LogP) is 3.25. The van der Waals surface area contributed by atoms with E-state index in [0.717, 1.165) is 11.1 Å². The standard InChI is InChI=1S/C22H27NO3/c1-16(14-26-15-19-11-7-4-8-12-19)21-20(17(2)24)22(25)23(21)13-18-9-5-3-6-10-18/h3-12,16-17,20-21,24H,13-15H2,1-2H3. The van der Waals surface area contributed by atoms with Crippen LogP contribution in [0.25, 0.3) is 0 Å². The van der Waals surface area contributed by atoms with Gasteiger partial charge in [0.2, 0.25) is 5.91 Å². The smallest absolute Gasteiger partial charge is 0.230 e. The van der Waals surface area contributed by atoms with Crippen molar-refractivity contribution in [1.82, 2.24) is 4.90 Å². The summed E-state index contributed by atoms with van der Waals surface area (Å²) in [7, 11) is 0. The van der Waals surface area contributed by atoms with E-state index < -0.39 is 6.10 Å². The summed E-state index contributed by atoms with van der Waals surface area (Å²) >= 11 is 0. The van der Waals surface area contributed by atoms with Gasteiger partial charge in [0.1, 0.15) is 0 Å². The Morgan fingerprint density at radius 3 is 2.15 bits per heavy atom. The molecule has 1 saturated heterocycles. The molecule has 138 valence electrons. The fraction of sp³-hybridized carbons (Fsp3) is 0.409. The number of aliphatic hydroxyl groups excluding tert-OH is 1. The molecule has 3 rings (SSSR count). The molecule has 1 aliphatic rings. The Morgan fingerprint density at radius 2 is 1.58 bits per heavy atom. The van der Waals surface area contributed by atoms with Crippen molar-refractivity contribution in [1.29, 1.82) is 0 Å². The van der Waals surface area contributed by atoms with Crippen molar-refractivity contribution in [3.63, 3.8) is 0 Å². The van der Waals surface area contributed by atoms with E-state index in [4.69, 9.17) is 4.74 Å². The minimum atomic E-state index is -0.643. The van der Waals surface area contributed by atoms with E-state index in [9.17, 15) is 9.90 Å². The van der Waals surface area contributed by atoms with Gasteiger partial charge in [0, 0.05) is 12.5 Å². The molecule has 4 nitrogen and oxygen atoms in total. The number of aliphatic hydroxyl groups is 1. The fourth-order valence-electron chi connectivity index (χ4n) is 3.75. The summed E-state index contributed by atoms with van der Waals surface area (Å²) in [5, 5.41) is 10.1. The Kier molecular flexibility index (Phi) is 6.07. The Hall–Kier alpha value is -2.17. The molecule has 1 N–H and O–H groups in total. The molecule has 4 unspecified atom stereocenters. The number of benzene rings is 2. The minimum Gasteiger partial charge on any atom is -0.393 e. The average molecular weight is 353 g/mol. The van der Waals surface area contributed by atoms with Crippen LogP contribution >= 0.6 is 0 Å². The first-order valence-electron chi connectivity index (χ1n) is 9.22. The molecule has 0 saturated carbocycles. The largest absolute Gasteiger partial charge is 0.393 e. The molecular formula is C22H27NO3. The van der Waals surface area contributed by atoms with Gasteiger partial charge in [0.15, 0.2) is 0 Å². The number of ether oxygens (including phenoxy) is 1. The Labute approximate surface area is 155 Å². The number of nitrogens with zero attached hydrogens (tertiary/aromatic N) is 1. The molecule has 1 heterocycles. The molecule has 2 aromatic rings. The molecule has 0 spiro atoms. The number of hydrogen-bond donors (Lipinski definition) is 1. The molecule has 2 aromatic carbocycles. The minimum absolute atomic E-state index is 0.00141. The lowest BCUT2D eigenvalue weighted by atomic mass is 9.76. The summed E-state index contributed by atoms with van der Waals surface area (Å²) in [6.07, 6.45) is -0.643. The Balaban J connectivity index is 1.61. The van der Waals surface area contributed by atoms with Crippen molar-refractivity contribution in [2.45, 2.75) is 39.1 Å². The molecule has 1 aliphatic heterocycles. The molecule has 26 heavy (non-hydrogen) atoms. The predicted molar refractivity (Wildman–Crippen MR) is 101 cm³/mol. The van der Waals surface area contributed by atoms with Crippen molar-refractivity contribution in [2.24, 2.45) is 11.8 Å². The number of amides is 1. The first-order valence-corrected chi connectivity index (χ1v) is 9.22. The highest BCUT2D eigenvalue weighted by Crippen LogP contribution is 2.36. The second kappa shape index (κ2) is 8.47. The molecule has 1 fully saturated rings. The van der Waals surface area contributed by atoms with Crippen LogP contribution in [0.3, 0.4) is 0 Å². The summed E-state index contributed by atoms with van der Waals surface area (Å²) in [5.41, 5.74) is 2.24. The number of hydrogen-bond acceptors (Lipinski definition) is 3. The van der Waals surface area contributed by atoms with Gasteiger partial charge in [-0.05, 0) is 18.1 Å². The van der Waals surface area contributed by atoms with Gasteiger partial charge in [-0.15, -0.1) is 0 Å². The summed E-state index contributed by atoms with van der Waals surface area (Å²) in [6.45, 7) is 5.49. The number of rotatable bonds is 8.